The van der Waals surface area contributed by atoms with Crippen molar-refractivity contribution in [1.29, 1.82) is 0 Å². The van der Waals surface area contributed by atoms with Crippen LogP contribution in [0.1, 0.15) is 13.3 Å². The van der Waals surface area contributed by atoms with E-state index in [9.17, 15) is 4.79 Å². The minimum Gasteiger partial charge on any atom is -0.466 e. The lowest BCUT2D eigenvalue weighted by Crippen LogP contribution is -2.25. The molecule has 1 N–H and O–H groups in total. The Balaban J connectivity index is 1.99. The van der Waals surface area contributed by atoms with Gasteiger partial charge in [-0.1, -0.05) is 0 Å². The maximum Gasteiger partial charge on any atom is 0.313 e. The molecule has 3 nitrogen and oxygen atoms in total. The van der Waals surface area contributed by atoms with Crippen molar-refractivity contribution >= 4 is 5.97 Å². The Hall–Kier alpha value is -0.570. The van der Waals surface area contributed by atoms with Crippen LogP contribution in [-0.2, 0) is 9.53 Å². The highest BCUT2D eigenvalue weighted by Crippen LogP contribution is 2.55. The number of hydrogen-bond acceptors (Lipinski definition) is 3. The summed E-state index contributed by atoms with van der Waals surface area (Å²) in [5.41, 5.74) is -0.101. The summed E-state index contributed by atoms with van der Waals surface area (Å²) in [4.78, 5) is 11.3. The number of carbonyl (C=O) groups is 1. The van der Waals surface area contributed by atoms with E-state index < -0.39 is 0 Å². The number of carbonyl (C=O) groups excluding carboxylic acids is 1. The van der Waals surface area contributed by atoms with Crippen LogP contribution < -0.4 is 5.32 Å². The average Bonchev–Trinajstić information content (AvgIpc) is 2.57. The van der Waals surface area contributed by atoms with E-state index in [0.29, 0.717) is 12.5 Å². The van der Waals surface area contributed by atoms with Gasteiger partial charge in [-0.05, 0) is 25.8 Å². The van der Waals surface area contributed by atoms with Crippen molar-refractivity contribution in [3.8, 4) is 0 Å². The highest BCUT2D eigenvalue weighted by Gasteiger charge is 2.63. The molecule has 0 aromatic rings. The second-order valence-corrected chi connectivity index (χ2v) is 3.41. The second kappa shape index (κ2) is 2.21. The van der Waals surface area contributed by atoms with Crippen LogP contribution in [0.4, 0.5) is 0 Å². The van der Waals surface area contributed by atoms with E-state index in [1.807, 2.05) is 6.92 Å². The zero-order valence-corrected chi connectivity index (χ0v) is 6.72. The maximum absolute atomic E-state index is 11.3. The van der Waals surface area contributed by atoms with Gasteiger partial charge >= 0.3 is 5.97 Å². The summed E-state index contributed by atoms with van der Waals surface area (Å²) in [6, 6.07) is 0. The van der Waals surface area contributed by atoms with Gasteiger partial charge in [-0.15, -0.1) is 0 Å². The van der Waals surface area contributed by atoms with Gasteiger partial charge in [-0.25, -0.2) is 0 Å². The molecule has 0 aromatic heterocycles. The fraction of sp³-hybridized carbons (Fsp3) is 0.875. The number of rotatable bonds is 2. The van der Waals surface area contributed by atoms with Gasteiger partial charge in [-0.3, -0.25) is 4.79 Å². The van der Waals surface area contributed by atoms with Gasteiger partial charge in [0.15, 0.2) is 0 Å². The lowest BCUT2D eigenvalue weighted by Gasteiger charge is -2.09. The van der Waals surface area contributed by atoms with Crippen molar-refractivity contribution < 1.29 is 9.53 Å². The number of nitrogens with one attached hydrogen (secondary N) is 1. The first kappa shape index (κ1) is 7.10. The van der Waals surface area contributed by atoms with Gasteiger partial charge in [0.1, 0.15) is 0 Å². The molecule has 0 bridgehead atoms. The Morgan fingerprint density at radius 2 is 2.64 bits per heavy atom. The summed E-state index contributed by atoms with van der Waals surface area (Å²) < 4.78 is 4.99. The molecule has 1 unspecified atom stereocenters. The Labute approximate surface area is 66.1 Å². The summed E-state index contributed by atoms with van der Waals surface area (Å²) in [5.74, 6) is 0.580. The van der Waals surface area contributed by atoms with Crippen LogP contribution in [0.25, 0.3) is 0 Å². The average molecular weight is 155 g/mol. The third-order valence-corrected chi connectivity index (χ3v) is 2.75. The lowest BCUT2D eigenvalue weighted by molar-refractivity contribution is -0.149. The monoisotopic (exact) mass is 155 g/mol. The first-order valence-corrected chi connectivity index (χ1v) is 4.17. The van der Waals surface area contributed by atoms with Crippen molar-refractivity contribution in [3.05, 3.63) is 0 Å². The molecule has 0 radical (unpaired) electrons. The van der Waals surface area contributed by atoms with Crippen molar-refractivity contribution in [3.63, 3.8) is 0 Å². The molecular weight excluding hydrogens is 142 g/mol. The maximum atomic E-state index is 11.3. The van der Waals surface area contributed by atoms with Crippen molar-refractivity contribution in [2.45, 2.75) is 13.3 Å². The third-order valence-electron chi connectivity index (χ3n) is 2.75. The lowest BCUT2D eigenvalue weighted by atomic mass is 10.1. The molecule has 2 aliphatic rings. The molecule has 0 amide bonds. The molecule has 62 valence electrons. The second-order valence-electron chi connectivity index (χ2n) is 3.41. The summed E-state index contributed by atoms with van der Waals surface area (Å²) in [6.07, 6.45) is 1.04. The minimum atomic E-state index is -0.101. The molecule has 2 fully saturated rings. The first-order chi connectivity index (χ1) is 5.29. The minimum absolute atomic E-state index is 0.00926. The number of hydrogen-bond donors (Lipinski definition) is 1. The number of piperidine rings is 1. The molecule has 0 spiro atoms. The summed E-state index contributed by atoms with van der Waals surface area (Å²) in [6.45, 7) is 4.19. The molecule has 3 heteroatoms. The Morgan fingerprint density at radius 3 is 3.09 bits per heavy atom. The van der Waals surface area contributed by atoms with Gasteiger partial charge in [0.25, 0.3) is 0 Å². The van der Waals surface area contributed by atoms with Crippen LogP contribution in [-0.4, -0.2) is 25.7 Å². The molecule has 11 heavy (non-hydrogen) atoms. The predicted octanol–water partition coefficient (Wildman–Crippen LogP) is 0.159. The summed E-state index contributed by atoms with van der Waals surface area (Å²) in [5, 5.41) is 3.20. The van der Waals surface area contributed by atoms with Gasteiger partial charge in [0.2, 0.25) is 0 Å². The third kappa shape index (κ3) is 0.872. The highest BCUT2D eigenvalue weighted by molar-refractivity contribution is 5.81. The van der Waals surface area contributed by atoms with Crippen molar-refractivity contribution in [1.82, 2.24) is 5.32 Å². The van der Waals surface area contributed by atoms with E-state index in [0.717, 1.165) is 19.5 Å². The highest BCUT2D eigenvalue weighted by atomic mass is 16.5. The van der Waals surface area contributed by atoms with Crippen molar-refractivity contribution in [2.75, 3.05) is 19.7 Å². The summed E-state index contributed by atoms with van der Waals surface area (Å²) >= 11 is 0. The number of ether oxygens (including phenoxy) is 1. The molecule has 2 rings (SSSR count). The quantitative estimate of drug-likeness (QED) is 0.577. The number of fused-ring (bicyclic) bond motifs is 1. The fourth-order valence-corrected chi connectivity index (χ4v) is 1.93. The van der Waals surface area contributed by atoms with Gasteiger partial charge in [-0.2, -0.15) is 0 Å². The topological polar surface area (TPSA) is 38.3 Å². The Morgan fingerprint density at radius 1 is 1.82 bits per heavy atom. The van der Waals surface area contributed by atoms with E-state index in [1.165, 1.54) is 0 Å². The normalized spacial score (nSPS) is 39.9. The molecule has 1 heterocycles. The Kier molecular flexibility index (Phi) is 1.42. The Bertz CT molecular complexity index is 193. The number of esters is 1. The van der Waals surface area contributed by atoms with Gasteiger partial charge in [0, 0.05) is 6.54 Å². The zero-order valence-electron chi connectivity index (χ0n) is 6.72. The van der Waals surface area contributed by atoms with Gasteiger partial charge in [0.05, 0.1) is 12.0 Å². The van der Waals surface area contributed by atoms with E-state index in [2.05, 4.69) is 5.32 Å². The smallest absolute Gasteiger partial charge is 0.313 e. The van der Waals surface area contributed by atoms with E-state index in [4.69, 9.17) is 4.74 Å². The molecule has 2 atom stereocenters. The fourth-order valence-electron chi connectivity index (χ4n) is 1.93. The predicted molar refractivity (Wildman–Crippen MR) is 40.0 cm³/mol. The largest absolute Gasteiger partial charge is 0.466 e. The van der Waals surface area contributed by atoms with E-state index in [1.54, 1.807) is 0 Å². The zero-order chi connectivity index (χ0) is 7.90. The molecule has 1 aliphatic heterocycles. The molecule has 0 aromatic carbocycles. The molecule has 1 aliphatic carbocycles. The van der Waals surface area contributed by atoms with Gasteiger partial charge < -0.3 is 10.1 Å². The molecular formula is C8H13NO2. The molecule has 1 saturated heterocycles. The standard InChI is InChI=1S/C8H13NO2/c1-2-11-7(10)8-3-6(8)4-9-5-8/h6,9H,2-5H2,1H3/t6-,8?/m0/s1. The van der Waals surface area contributed by atoms with Crippen LogP contribution in [0.5, 0.6) is 0 Å². The van der Waals surface area contributed by atoms with Crippen LogP contribution in [0.3, 0.4) is 0 Å². The summed E-state index contributed by atoms with van der Waals surface area (Å²) in [7, 11) is 0. The molecule has 1 saturated carbocycles. The van der Waals surface area contributed by atoms with Crippen LogP contribution in [0.15, 0.2) is 0 Å². The van der Waals surface area contributed by atoms with Crippen LogP contribution in [0, 0.1) is 11.3 Å². The van der Waals surface area contributed by atoms with E-state index >= 15 is 0 Å². The van der Waals surface area contributed by atoms with Crippen LogP contribution in [0.2, 0.25) is 0 Å². The van der Waals surface area contributed by atoms with Crippen molar-refractivity contribution in [2.24, 2.45) is 11.3 Å². The SMILES string of the molecule is CCOC(=O)C12CNC[C@@H]1C2. The van der Waals surface area contributed by atoms with E-state index in [-0.39, 0.29) is 11.4 Å². The van der Waals surface area contributed by atoms with Crippen LogP contribution >= 0.6 is 0 Å². The first-order valence-electron chi connectivity index (χ1n) is 4.17.